The molecule has 0 aromatic heterocycles. The molecule has 1 aromatic carbocycles. The number of carbonyl (C=O) groups is 3. The Morgan fingerprint density at radius 1 is 1.14 bits per heavy atom. The van der Waals surface area contributed by atoms with Crippen molar-refractivity contribution in [1.82, 2.24) is 10.6 Å². The van der Waals surface area contributed by atoms with E-state index < -0.39 is 39.9 Å². The summed E-state index contributed by atoms with van der Waals surface area (Å²) in [5.41, 5.74) is 0.820. The van der Waals surface area contributed by atoms with Gasteiger partial charge in [-0.2, -0.15) is 0 Å². The van der Waals surface area contributed by atoms with Crippen LogP contribution < -0.4 is 10.6 Å². The number of hydrogen-bond donors (Lipinski definition) is 2. The van der Waals surface area contributed by atoms with E-state index in [4.69, 9.17) is 4.74 Å². The molecule has 1 aromatic rings. The monoisotopic (exact) mass is 424 g/mol. The minimum atomic E-state index is -3.12. The number of ether oxygens (including phenoxy) is 1. The molecule has 3 atom stereocenters. The quantitative estimate of drug-likeness (QED) is 0.590. The van der Waals surface area contributed by atoms with Crippen molar-refractivity contribution in [1.29, 1.82) is 0 Å². The first kappa shape index (κ1) is 22.9. The molecule has 8 nitrogen and oxygen atoms in total. The molecule has 9 heteroatoms. The maximum atomic E-state index is 12.5. The molecule has 0 aliphatic carbocycles. The van der Waals surface area contributed by atoms with Gasteiger partial charge in [0.05, 0.1) is 17.9 Å². The van der Waals surface area contributed by atoms with Crippen molar-refractivity contribution in [3.05, 3.63) is 35.9 Å². The standard InChI is InChI=1S/C20H28N2O6S/c1-13(2)18(22-17(23)11-15-7-5-4-6-8-15)20(25)28-14(3)19(24)21-16-9-10-29(26,27)12-16/h4-8,13-14,16,18H,9-12H2,1-3H3,(H,21,24)(H,22,23)/t14-,16+,18-/m0/s1. The summed E-state index contributed by atoms with van der Waals surface area (Å²) in [4.78, 5) is 37.0. The van der Waals surface area contributed by atoms with E-state index in [1.165, 1.54) is 6.92 Å². The van der Waals surface area contributed by atoms with Crippen LogP contribution in [0.15, 0.2) is 30.3 Å². The molecule has 0 spiro atoms. The Morgan fingerprint density at radius 2 is 1.79 bits per heavy atom. The predicted octanol–water partition coefficient (Wildman–Crippen LogP) is 0.605. The first-order chi connectivity index (χ1) is 13.6. The smallest absolute Gasteiger partial charge is 0.329 e. The van der Waals surface area contributed by atoms with Crippen LogP contribution in [0.5, 0.6) is 0 Å². The molecule has 0 saturated carbocycles. The van der Waals surface area contributed by atoms with Gasteiger partial charge in [0.15, 0.2) is 15.9 Å². The molecule has 160 valence electrons. The van der Waals surface area contributed by atoms with Crippen LogP contribution in [0.3, 0.4) is 0 Å². The fourth-order valence-electron chi connectivity index (χ4n) is 3.03. The highest BCUT2D eigenvalue weighted by Crippen LogP contribution is 2.12. The van der Waals surface area contributed by atoms with Gasteiger partial charge in [-0.15, -0.1) is 0 Å². The molecule has 1 saturated heterocycles. The second kappa shape index (κ2) is 9.87. The molecular formula is C20H28N2O6S. The Morgan fingerprint density at radius 3 is 2.34 bits per heavy atom. The summed E-state index contributed by atoms with van der Waals surface area (Å²) in [5, 5.41) is 5.27. The number of esters is 1. The molecule has 1 fully saturated rings. The highest BCUT2D eigenvalue weighted by molar-refractivity contribution is 7.91. The van der Waals surface area contributed by atoms with Crippen molar-refractivity contribution in [2.24, 2.45) is 5.92 Å². The molecule has 0 unspecified atom stereocenters. The SMILES string of the molecule is CC(C)[C@H](NC(=O)Cc1ccccc1)C(=O)O[C@@H](C)C(=O)N[C@@H]1CCS(=O)(=O)C1. The molecule has 2 N–H and O–H groups in total. The summed E-state index contributed by atoms with van der Waals surface area (Å²) in [6, 6.07) is 7.77. The van der Waals surface area contributed by atoms with E-state index in [2.05, 4.69) is 10.6 Å². The van der Waals surface area contributed by atoms with Crippen LogP contribution in [0.25, 0.3) is 0 Å². The van der Waals surface area contributed by atoms with Crippen LogP contribution in [0.4, 0.5) is 0 Å². The van der Waals surface area contributed by atoms with Gasteiger partial charge in [-0.3, -0.25) is 9.59 Å². The van der Waals surface area contributed by atoms with E-state index in [1.54, 1.807) is 13.8 Å². The van der Waals surface area contributed by atoms with Gasteiger partial charge in [0.1, 0.15) is 6.04 Å². The minimum absolute atomic E-state index is 0.0367. The van der Waals surface area contributed by atoms with E-state index in [-0.39, 0.29) is 29.8 Å². The molecular weight excluding hydrogens is 396 g/mol. The van der Waals surface area contributed by atoms with Crippen molar-refractivity contribution >= 4 is 27.6 Å². The second-order valence-corrected chi connectivity index (χ2v) is 9.87. The van der Waals surface area contributed by atoms with E-state index in [9.17, 15) is 22.8 Å². The second-order valence-electron chi connectivity index (χ2n) is 7.64. The third-order valence-corrected chi connectivity index (χ3v) is 6.45. The van der Waals surface area contributed by atoms with Crippen LogP contribution >= 0.6 is 0 Å². The summed E-state index contributed by atoms with van der Waals surface area (Å²) < 4.78 is 28.2. The Hall–Kier alpha value is -2.42. The average molecular weight is 425 g/mol. The lowest BCUT2D eigenvalue weighted by Gasteiger charge is -2.23. The van der Waals surface area contributed by atoms with E-state index in [0.29, 0.717) is 6.42 Å². The van der Waals surface area contributed by atoms with E-state index in [0.717, 1.165) is 5.56 Å². The van der Waals surface area contributed by atoms with Crippen LogP contribution in [0.1, 0.15) is 32.8 Å². The van der Waals surface area contributed by atoms with Gasteiger partial charge in [0.25, 0.3) is 5.91 Å². The van der Waals surface area contributed by atoms with Gasteiger partial charge in [-0.05, 0) is 24.8 Å². The summed E-state index contributed by atoms with van der Waals surface area (Å²) >= 11 is 0. The van der Waals surface area contributed by atoms with Crippen LogP contribution in [-0.2, 0) is 35.4 Å². The first-order valence-corrected chi connectivity index (χ1v) is 11.4. The van der Waals surface area contributed by atoms with Crippen molar-refractivity contribution in [3.63, 3.8) is 0 Å². The molecule has 0 bridgehead atoms. The van der Waals surface area contributed by atoms with E-state index in [1.807, 2.05) is 30.3 Å². The van der Waals surface area contributed by atoms with Crippen molar-refractivity contribution in [2.75, 3.05) is 11.5 Å². The zero-order valence-corrected chi connectivity index (χ0v) is 17.7. The van der Waals surface area contributed by atoms with Crippen LogP contribution in [0.2, 0.25) is 0 Å². The zero-order chi connectivity index (χ0) is 21.6. The number of carbonyl (C=O) groups excluding carboxylic acids is 3. The first-order valence-electron chi connectivity index (χ1n) is 9.62. The van der Waals surface area contributed by atoms with Crippen molar-refractivity contribution < 1.29 is 27.5 Å². The number of amides is 2. The van der Waals surface area contributed by atoms with Gasteiger partial charge >= 0.3 is 5.97 Å². The molecule has 2 rings (SSSR count). The maximum absolute atomic E-state index is 12.5. The molecule has 1 aliphatic rings. The van der Waals surface area contributed by atoms with Gasteiger partial charge in [-0.1, -0.05) is 44.2 Å². The van der Waals surface area contributed by atoms with Gasteiger partial charge in [-0.25, -0.2) is 13.2 Å². The van der Waals surface area contributed by atoms with Gasteiger partial charge < -0.3 is 15.4 Å². The topological polar surface area (TPSA) is 119 Å². The normalized spacial score (nSPS) is 19.9. The highest BCUT2D eigenvalue weighted by atomic mass is 32.2. The molecule has 1 heterocycles. The molecule has 2 amide bonds. The lowest BCUT2D eigenvalue weighted by molar-refractivity contribution is -0.158. The fourth-order valence-corrected chi connectivity index (χ4v) is 4.71. The predicted molar refractivity (Wildman–Crippen MR) is 108 cm³/mol. The number of sulfone groups is 1. The Kier molecular flexibility index (Phi) is 7.78. The lowest BCUT2D eigenvalue weighted by Crippen LogP contribution is -2.49. The molecule has 29 heavy (non-hydrogen) atoms. The summed E-state index contributed by atoms with van der Waals surface area (Å²) in [7, 11) is -3.12. The number of hydrogen-bond acceptors (Lipinski definition) is 6. The number of rotatable bonds is 8. The maximum Gasteiger partial charge on any atom is 0.329 e. The highest BCUT2D eigenvalue weighted by Gasteiger charge is 2.32. The van der Waals surface area contributed by atoms with Crippen LogP contribution in [0, 0.1) is 5.92 Å². The van der Waals surface area contributed by atoms with Gasteiger partial charge in [0.2, 0.25) is 5.91 Å². The average Bonchev–Trinajstić information content (AvgIpc) is 2.98. The third kappa shape index (κ3) is 7.16. The number of nitrogens with one attached hydrogen (secondary N) is 2. The van der Waals surface area contributed by atoms with Crippen molar-refractivity contribution in [2.45, 2.75) is 51.8 Å². The summed E-state index contributed by atoms with van der Waals surface area (Å²) in [6.07, 6.45) is -0.624. The minimum Gasteiger partial charge on any atom is -0.451 e. The molecule has 0 radical (unpaired) electrons. The van der Waals surface area contributed by atoms with Crippen LogP contribution in [-0.4, -0.2) is 55.9 Å². The summed E-state index contributed by atoms with van der Waals surface area (Å²) in [6.45, 7) is 4.95. The number of benzene rings is 1. The Balaban J connectivity index is 1.89. The van der Waals surface area contributed by atoms with E-state index >= 15 is 0 Å². The van der Waals surface area contributed by atoms with Crippen molar-refractivity contribution in [3.8, 4) is 0 Å². The third-order valence-electron chi connectivity index (χ3n) is 4.69. The Bertz CT molecular complexity index is 838. The lowest BCUT2D eigenvalue weighted by atomic mass is 10.0. The summed E-state index contributed by atoms with van der Waals surface area (Å²) in [5.74, 6) is -1.89. The fraction of sp³-hybridized carbons (Fsp3) is 0.550. The Labute approximate surface area is 171 Å². The van der Waals surface area contributed by atoms with Gasteiger partial charge in [0, 0.05) is 6.04 Å². The molecule has 1 aliphatic heterocycles. The zero-order valence-electron chi connectivity index (χ0n) is 16.9. The largest absolute Gasteiger partial charge is 0.451 e.